The van der Waals surface area contributed by atoms with Gasteiger partial charge in [0, 0.05) is 6.07 Å². The molecule has 0 aliphatic rings. The summed E-state index contributed by atoms with van der Waals surface area (Å²) >= 11 is 3.08. The molecule has 1 rings (SSSR count). The van der Waals surface area contributed by atoms with Crippen molar-refractivity contribution in [1.29, 1.82) is 0 Å². The Morgan fingerprint density at radius 1 is 1.56 bits per heavy atom. The van der Waals surface area contributed by atoms with Gasteiger partial charge in [0.1, 0.15) is 11.1 Å². The fourth-order valence-corrected chi connectivity index (χ4v) is 1.59. The van der Waals surface area contributed by atoms with Gasteiger partial charge in [-0.05, 0) is 21.5 Å². The summed E-state index contributed by atoms with van der Waals surface area (Å²) in [5.41, 5.74) is 0.465. The third-order valence-electron chi connectivity index (χ3n) is 1.74. The maximum atomic E-state index is 10.6. The smallest absolute Gasteiger partial charge is 0.329 e. The van der Waals surface area contributed by atoms with Crippen LogP contribution in [0.2, 0.25) is 0 Å². The molecule has 0 bridgehead atoms. The molecule has 0 fully saturated rings. The summed E-state index contributed by atoms with van der Waals surface area (Å²) < 4.78 is 5.16. The van der Waals surface area contributed by atoms with E-state index in [1.807, 2.05) is 0 Å². The Labute approximate surface area is 99.1 Å². The highest BCUT2D eigenvalue weighted by atomic mass is 79.9. The maximum absolute atomic E-state index is 10.6. The molecule has 0 spiro atoms. The lowest BCUT2D eigenvalue weighted by Crippen LogP contribution is -2.07. The van der Waals surface area contributed by atoms with E-state index in [0.29, 0.717) is 10.0 Å². The van der Waals surface area contributed by atoms with E-state index in [1.54, 1.807) is 6.07 Å². The number of nitro benzene ring substituents is 1. The summed E-state index contributed by atoms with van der Waals surface area (Å²) in [5.74, 6) is -1.08. The van der Waals surface area contributed by atoms with Crippen LogP contribution in [0.15, 0.2) is 22.7 Å². The summed E-state index contributed by atoms with van der Waals surface area (Å²) in [6, 6.07) is 4.49. The summed E-state index contributed by atoms with van der Waals surface area (Å²) in [7, 11) is 0. The van der Waals surface area contributed by atoms with E-state index in [2.05, 4.69) is 15.9 Å². The van der Waals surface area contributed by atoms with Crippen molar-refractivity contribution in [3.05, 3.63) is 38.3 Å². The van der Waals surface area contributed by atoms with Crippen LogP contribution in [0.3, 0.4) is 0 Å². The van der Waals surface area contributed by atoms with Crippen LogP contribution in [-0.4, -0.2) is 22.6 Å². The van der Waals surface area contributed by atoms with Gasteiger partial charge in [-0.3, -0.25) is 10.1 Å². The molecule has 0 heterocycles. The summed E-state index contributed by atoms with van der Waals surface area (Å²) in [6.45, 7) is -0.427. The second-order valence-corrected chi connectivity index (χ2v) is 3.69. The zero-order chi connectivity index (χ0) is 12.1. The van der Waals surface area contributed by atoms with Crippen molar-refractivity contribution >= 4 is 27.6 Å². The Morgan fingerprint density at radius 2 is 2.25 bits per heavy atom. The maximum Gasteiger partial charge on any atom is 0.329 e. The van der Waals surface area contributed by atoms with Crippen molar-refractivity contribution in [2.45, 2.75) is 6.61 Å². The van der Waals surface area contributed by atoms with Gasteiger partial charge in [0.05, 0.1) is 11.5 Å². The van der Waals surface area contributed by atoms with E-state index in [1.165, 1.54) is 12.1 Å². The number of ether oxygens (including phenoxy) is 1. The minimum absolute atomic E-state index is 0.00850. The number of halogens is 1. The molecule has 0 atom stereocenters. The molecule has 0 saturated heterocycles. The van der Waals surface area contributed by atoms with Gasteiger partial charge in [-0.25, -0.2) is 4.79 Å². The van der Waals surface area contributed by atoms with Crippen LogP contribution < -0.4 is 0 Å². The quantitative estimate of drug-likeness (QED) is 0.661. The second kappa shape index (κ2) is 5.57. The number of hydrogen-bond acceptors (Lipinski definition) is 4. The largest absolute Gasteiger partial charge is 0.480 e. The van der Waals surface area contributed by atoms with E-state index in [0.717, 1.165) is 0 Å². The molecular formula is C9H8BrNO5. The zero-order valence-corrected chi connectivity index (χ0v) is 9.64. The Hall–Kier alpha value is -1.47. The molecule has 0 aliphatic carbocycles. The van der Waals surface area contributed by atoms with Crippen molar-refractivity contribution in [2.75, 3.05) is 6.61 Å². The zero-order valence-electron chi connectivity index (χ0n) is 8.05. The second-order valence-electron chi connectivity index (χ2n) is 2.89. The minimum atomic E-state index is -1.08. The highest BCUT2D eigenvalue weighted by Crippen LogP contribution is 2.28. The molecule has 6 nitrogen and oxygen atoms in total. The fourth-order valence-electron chi connectivity index (χ4n) is 1.07. The standard InChI is InChI=1S/C9H8BrNO5/c10-9-6(4-16-5-8(12)13)2-1-3-7(9)11(14)15/h1-3H,4-5H2,(H,12,13). The third kappa shape index (κ3) is 3.28. The van der Waals surface area contributed by atoms with Crippen LogP contribution in [0.4, 0.5) is 5.69 Å². The van der Waals surface area contributed by atoms with Gasteiger partial charge in [-0.2, -0.15) is 0 Å². The third-order valence-corrected chi connectivity index (χ3v) is 2.65. The molecular weight excluding hydrogens is 282 g/mol. The monoisotopic (exact) mass is 289 g/mol. The first-order valence-electron chi connectivity index (χ1n) is 4.23. The van der Waals surface area contributed by atoms with E-state index in [-0.39, 0.29) is 12.3 Å². The van der Waals surface area contributed by atoms with E-state index >= 15 is 0 Å². The molecule has 7 heteroatoms. The van der Waals surface area contributed by atoms with Gasteiger partial charge in [0.15, 0.2) is 0 Å². The number of hydrogen-bond donors (Lipinski definition) is 1. The molecule has 1 aromatic rings. The Balaban J connectivity index is 2.77. The average Bonchev–Trinajstić information content (AvgIpc) is 2.19. The molecule has 0 aliphatic heterocycles. The highest BCUT2D eigenvalue weighted by Gasteiger charge is 2.14. The van der Waals surface area contributed by atoms with Crippen molar-refractivity contribution < 1.29 is 19.6 Å². The SMILES string of the molecule is O=C(O)COCc1cccc([N+](=O)[O-])c1Br. The van der Waals surface area contributed by atoms with Gasteiger partial charge in [0.2, 0.25) is 0 Å². The highest BCUT2D eigenvalue weighted by molar-refractivity contribution is 9.10. The van der Waals surface area contributed by atoms with Gasteiger partial charge >= 0.3 is 5.97 Å². The average molecular weight is 290 g/mol. The molecule has 86 valence electrons. The molecule has 0 aromatic heterocycles. The van der Waals surface area contributed by atoms with Gasteiger partial charge in [-0.1, -0.05) is 12.1 Å². The Bertz CT molecular complexity index is 420. The number of aliphatic carboxylic acids is 1. The first-order chi connectivity index (χ1) is 7.52. The number of benzene rings is 1. The Morgan fingerprint density at radius 3 is 2.81 bits per heavy atom. The summed E-state index contributed by atoms with van der Waals surface area (Å²) in [6.07, 6.45) is 0. The van der Waals surface area contributed by atoms with Crippen LogP contribution in [-0.2, 0) is 16.1 Å². The van der Waals surface area contributed by atoms with Crippen molar-refractivity contribution in [3.8, 4) is 0 Å². The van der Waals surface area contributed by atoms with E-state index in [4.69, 9.17) is 9.84 Å². The first kappa shape index (κ1) is 12.6. The predicted molar refractivity (Wildman–Crippen MR) is 58.1 cm³/mol. The molecule has 0 radical (unpaired) electrons. The molecule has 0 amide bonds. The molecule has 1 N–H and O–H groups in total. The molecule has 0 unspecified atom stereocenters. The summed E-state index contributed by atoms with van der Waals surface area (Å²) in [5, 5.41) is 19.0. The van der Waals surface area contributed by atoms with Crippen molar-refractivity contribution in [2.24, 2.45) is 0 Å². The van der Waals surface area contributed by atoms with Crippen molar-refractivity contribution in [1.82, 2.24) is 0 Å². The van der Waals surface area contributed by atoms with Crippen LogP contribution in [0.25, 0.3) is 0 Å². The summed E-state index contributed by atoms with van der Waals surface area (Å²) in [4.78, 5) is 20.3. The lowest BCUT2D eigenvalue weighted by atomic mass is 10.2. The Kier molecular flexibility index (Phi) is 4.39. The van der Waals surface area contributed by atoms with E-state index in [9.17, 15) is 14.9 Å². The number of nitrogens with zero attached hydrogens (tertiary/aromatic N) is 1. The van der Waals surface area contributed by atoms with Crippen LogP contribution in [0.1, 0.15) is 5.56 Å². The minimum Gasteiger partial charge on any atom is -0.480 e. The van der Waals surface area contributed by atoms with Crippen LogP contribution in [0.5, 0.6) is 0 Å². The number of carbonyl (C=O) groups is 1. The lowest BCUT2D eigenvalue weighted by molar-refractivity contribution is -0.385. The van der Waals surface area contributed by atoms with Crippen molar-refractivity contribution in [3.63, 3.8) is 0 Å². The van der Waals surface area contributed by atoms with Crippen LogP contribution in [0, 0.1) is 10.1 Å². The topological polar surface area (TPSA) is 89.7 Å². The molecule has 1 aromatic carbocycles. The molecule has 0 saturated carbocycles. The number of carboxylic acids is 1. The number of nitro groups is 1. The van der Waals surface area contributed by atoms with E-state index < -0.39 is 17.5 Å². The predicted octanol–water partition coefficient (Wildman–Crippen LogP) is 1.96. The normalized spacial score (nSPS) is 10.1. The van der Waals surface area contributed by atoms with Gasteiger partial charge in [0.25, 0.3) is 5.69 Å². The molecule has 16 heavy (non-hydrogen) atoms. The number of carboxylic acid groups (broad SMARTS) is 1. The van der Waals surface area contributed by atoms with Gasteiger partial charge in [-0.15, -0.1) is 0 Å². The lowest BCUT2D eigenvalue weighted by Gasteiger charge is -2.04. The first-order valence-corrected chi connectivity index (χ1v) is 5.03. The van der Waals surface area contributed by atoms with Crippen LogP contribution >= 0.6 is 15.9 Å². The fraction of sp³-hybridized carbons (Fsp3) is 0.222. The number of rotatable bonds is 5. The van der Waals surface area contributed by atoms with Gasteiger partial charge < -0.3 is 9.84 Å².